The number of carbonyl (C=O) groups excluding carboxylic acids is 2. The van der Waals surface area contributed by atoms with Crippen LogP contribution in [-0.4, -0.2) is 65.3 Å². The molecule has 1 heterocycles. The number of anilines is 2. The number of aromatic nitrogens is 1. The highest BCUT2D eigenvalue weighted by molar-refractivity contribution is 7.94. The van der Waals surface area contributed by atoms with Gasteiger partial charge in [0.15, 0.2) is 9.34 Å². The Morgan fingerprint density at radius 2 is 1.46 bits per heavy atom. The average Bonchev–Trinajstić information content (AvgIpc) is 3.37. The van der Waals surface area contributed by atoms with E-state index in [1.807, 2.05) is 0 Å². The fraction of sp³-hybridized carbons (Fsp3) is 0.625. The van der Waals surface area contributed by atoms with Gasteiger partial charge in [0.2, 0.25) is 5.91 Å². The number of aryl methyl sites for hydroxylation is 1. The molecule has 0 aliphatic carbocycles. The van der Waals surface area contributed by atoms with E-state index in [1.54, 1.807) is 0 Å². The van der Waals surface area contributed by atoms with Crippen LogP contribution in [0.25, 0.3) is 0 Å². The summed E-state index contributed by atoms with van der Waals surface area (Å²) in [6.07, 6.45) is 12.2. The Morgan fingerprint density at radius 3 is 2.02 bits per heavy atom. The topological polar surface area (TPSA) is 195 Å². The number of sulfonamides is 1. The lowest BCUT2D eigenvalue weighted by atomic mass is 9.99. The molecule has 0 fully saturated rings. The smallest absolute Gasteiger partial charge is 0.337 e. The Balaban J connectivity index is 1.76. The van der Waals surface area contributed by atoms with Crippen LogP contribution >= 0.6 is 11.3 Å². The number of aliphatic hydroxyl groups excluding tert-OH is 2. The third kappa shape index (κ3) is 13.7. The van der Waals surface area contributed by atoms with Crippen molar-refractivity contribution in [1.82, 2.24) is 10.3 Å². The lowest BCUT2D eigenvalue weighted by Gasteiger charge is -2.17. The van der Waals surface area contributed by atoms with Crippen molar-refractivity contribution in [2.45, 2.75) is 127 Å². The van der Waals surface area contributed by atoms with Gasteiger partial charge < -0.3 is 26.0 Å². The van der Waals surface area contributed by atoms with E-state index in [9.17, 15) is 38.1 Å². The maximum absolute atomic E-state index is 13.1. The SMILES string of the molecule is CCCCCCCCC(O)C(O)CCCCCCCCNC(=O)c1ccc(C(=O)O)c(NS(=O)(=O)c2sc(NC(C)=O)nc2C)c1. The molecule has 2 unspecified atom stereocenters. The summed E-state index contributed by atoms with van der Waals surface area (Å²) in [5.74, 6) is -2.25. The predicted molar refractivity (Wildman–Crippen MR) is 180 cm³/mol. The Bertz CT molecular complexity index is 1380. The van der Waals surface area contributed by atoms with Gasteiger partial charge in [-0.15, -0.1) is 0 Å². The summed E-state index contributed by atoms with van der Waals surface area (Å²) < 4.78 is 28.2. The lowest BCUT2D eigenvalue weighted by molar-refractivity contribution is -0.114. The first kappa shape index (κ1) is 39.1. The maximum atomic E-state index is 13.1. The molecule has 12 nitrogen and oxygen atoms in total. The molecule has 2 rings (SSSR count). The van der Waals surface area contributed by atoms with Crippen molar-refractivity contribution in [2.75, 3.05) is 16.6 Å². The summed E-state index contributed by atoms with van der Waals surface area (Å²) >= 11 is 0.726. The zero-order valence-corrected chi connectivity index (χ0v) is 28.8. The summed E-state index contributed by atoms with van der Waals surface area (Å²) in [7, 11) is -4.28. The Labute approximate surface area is 276 Å². The number of rotatable bonds is 23. The van der Waals surface area contributed by atoms with Crippen molar-refractivity contribution in [1.29, 1.82) is 0 Å². The monoisotopic (exact) mass is 682 g/mol. The molecule has 0 bridgehead atoms. The minimum absolute atomic E-state index is 0.0877. The summed E-state index contributed by atoms with van der Waals surface area (Å²) in [5.41, 5.74) is -0.375. The number of hydrogen-bond acceptors (Lipinski definition) is 9. The zero-order chi connectivity index (χ0) is 34.1. The van der Waals surface area contributed by atoms with Crippen LogP contribution in [-0.2, 0) is 14.8 Å². The van der Waals surface area contributed by atoms with E-state index in [0.29, 0.717) is 19.4 Å². The molecule has 0 aliphatic heterocycles. The summed E-state index contributed by atoms with van der Waals surface area (Å²) in [6, 6.07) is 3.67. The lowest BCUT2D eigenvalue weighted by Crippen LogP contribution is -2.25. The van der Waals surface area contributed by atoms with Gasteiger partial charge in [-0.25, -0.2) is 18.2 Å². The van der Waals surface area contributed by atoms with Crippen molar-refractivity contribution in [3.8, 4) is 0 Å². The van der Waals surface area contributed by atoms with Crippen LogP contribution in [0.15, 0.2) is 22.4 Å². The third-order valence-electron chi connectivity index (χ3n) is 7.55. The minimum atomic E-state index is -4.28. The number of carboxylic acids is 1. The van der Waals surface area contributed by atoms with Crippen LogP contribution in [0, 0.1) is 6.92 Å². The van der Waals surface area contributed by atoms with E-state index < -0.39 is 40.0 Å². The fourth-order valence-electron chi connectivity index (χ4n) is 4.99. The number of amides is 2. The van der Waals surface area contributed by atoms with Crippen molar-refractivity contribution in [3.05, 3.63) is 35.0 Å². The molecule has 0 aliphatic rings. The molecular weight excluding hydrogens is 633 g/mol. The van der Waals surface area contributed by atoms with E-state index in [0.717, 1.165) is 62.7 Å². The van der Waals surface area contributed by atoms with Crippen LogP contribution in [0.5, 0.6) is 0 Å². The second-order valence-electron chi connectivity index (χ2n) is 11.6. The number of unbranched alkanes of at least 4 members (excludes halogenated alkanes) is 10. The van der Waals surface area contributed by atoms with Gasteiger partial charge in [-0.05, 0) is 44.4 Å². The quantitative estimate of drug-likeness (QED) is 0.0780. The Hall–Kier alpha value is -3.07. The molecule has 0 spiro atoms. The third-order valence-corrected chi connectivity index (χ3v) is 10.6. The molecule has 0 saturated heterocycles. The number of benzene rings is 1. The van der Waals surface area contributed by atoms with E-state index in [2.05, 4.69) is 27.3 Å². The van der Waals surface area contributed by atoms with Crippen LogP contribution in [0.2, 0.25) is 0 Å². The Morgan fingerprint density at radius 1 is 0.891 bits per heavy atom. The number of carbonyl (C=O) groups is 3. The normalized spacial score (nSPS) is 12.8. The number of aliphatic hydroxyl groups is 2. The highest BCUT2D eigenvalue weighted by atomic mass is 32.2. The predicted octanol–water partition coefficient (Wildman–Crippen LogP) is 5.84. The summed E-state index contributed by atoms with van der Waals surface area (Å²) in [4.78, 5) is 39.9. The van der Waals surface area contributed by atoms with Gasteiger partial charge >= 0.3 is 5.97 Å². The van der Waals surface area contributed by atoms with Crippen molar-refractivity contribution < 1.29 is 38.1 Å². The molecule has 0 radical (unpaired) electrons. The van der Waals surface area contributed by atoms with E-state index >= 15 is 0 Å². The van der Waals surface area contributed by atoms with Gasteiger partial charge in [0.05, 0.1) is 29.2 Å². The first-order valence-corrected chi connectivity index (χ1v) is 18.4. The van der Waals surface area contributed by atoms with Gasteiger partial charge in [-0.2, -0.15) is 0 Å². The van der Waals surface area contributed by atoms with Gasteiger partial charge in [-0.1, -0.05) is 88.9 Å². The molecular formula is C32H50N4O8S2. The van der Waals surface area contributed by atoms with Crippen LogP contribution in [0.1, 0.15) is 130 Å². The molecule has 2 aromatic rings. The number of nitrogens with one attached hydrogen (secondary N) is 3. The van der Waals surface area contributed by atoms with Crippen LogP contribution in [0.4, 0.5) is 10.8 Å². The maximum Gasteiger partial charge on any atom is 0.337 e. The molecule has 1 aromatic heterocycles. The second-order valence-corrected chi connectivity index (χ2v) is 14.5. The van der Waals surface area contributed by atoms with Gasteiger partial charge in [0.1, 0.15) is 0 Å². The highest BCUT2D eigenvalue weighted by Crippen LogP contribution is 2.30. The summed E-state index contributed by atoms with van der Waals surface area (Å²) in [6.45, 7) is 5.30. The van der Waals surface area contributed by atoms with Crippen molar-refractivity contribution in [2.24, 2.45) is 0 Å². The zero-order valence-electron chi connectivity index (χ0n) is 27.1. The van der Waals surface area contributed by atoms with Crippen LogP contribution < -0.4 is 15.4 Å². The first-order chi connectivity index (χ1) is 21.9. The molecule has 2 amide bonds. The fourth-order valence-corrected chi connectivity index (χ4v) is 7.52. The van der Waals surface area contributed by atoms with Gasteiger partial charge in [0, 0.05) is 19.0 Å². The molecule has 258 valence electrons. The number of hydrogen-bond donors (Lipinski definition) is 6. The van der Waals surface area contributed by atoms with Crippen LogP contribution in [0.3, 0.4) is 0 Å². The molecule has 0 saturated carbocycles. The van der Waals surface area contributed by atoms with E-state index in [-0.39, 0.29) is 31.8 Å². The molecule has 1 aromatic carbocycles. The number of thiazole rings is 1. The largest absolute Gasteiger partial charge is 0.478 e. The number of nitrogens with zero attached hydrogens (tertiary/aromatic N) is 1. The highest BCUT2D eigenvalue weighted by Gasteiger charge is 2.25. The molecule has 46 heavy (non-hydrogen) atoms. The molecule has 6 N–H and O–H groups in total. The first-order valence-electron chi connectivity index (χ1n) is 16.1. The molecule has 14 heteroatoms. The molecule has 2 atom stereocenters. The van der Waals surface area contributed by atoms with Gasteiger partial charge in [-0.3, -0.25) is 14.3 Å². The second kappa shape index (κ2) is 20.2. The minimum Gasteiger partial charge on any atom is -0.478 e. The van der Waals surface area contributed by atoms with E-state index in [4.69, 9.17) is 0 Å². The van der Waals surface area contributed by atoms with E-state index in [1.165, 1.54) is 57.7 Å². The van der Waals surface area contributed by atoms with Crippen molar-refractivity contribution >= 4 is 50.0 Å². The average molecular weight is 683 g/mol. The van der Waals surface area contributed by atoms with Gasteiger partial charge in [0.25, 0.3) is 15.9 Å². The number of aromatic carboxylic acids is 1. The number of carboxylic acid groups (broad SMARTS) is 1. The standard InChI is InChI=1S/C32H50N4O8S2/c1-4-5-6-7-10-13-16-27(38)28(39)17-14-11-8-9-12-15-20-33-29(40)24-18-19-25(30(41)42)26(21-24)36-46(43,44)31-22(2)34-32(45-31)35-23(3)37/h18-19,21,27-28,36,38-39H,4-17,20H2,1-3H3,(H,33,40)(H,41,42)(H,34,35,37). The Kier molecular flexibility index (Phi) is 17.2. The summed E-state index contributed by atoms with van der Waals surface area (Å²) in [5, 5.41) is 35.3. The van der Waals surface area contributed by atoms with Crippen molar-refractivity contribution in [3.63, 3.8) is 0 Å².